The van der Waals surface area contributed by atoms with Crippen molar-refractivity contribution in [3.63, 3.8) is 0 Å². The van der Waals surface area contributed by atoms with Crippen LogP contribution in [0.5, 0.6) is 0 Å². The molecule has 10 heteroatoms. The minimum atomic E-state index is -1.75. The van der Waals surface area contributed by atoms with Crippen molar-refractivity contribution in [3.8, 4) is 0 Å². The first kappa shape index (κ1) is 19.4. The summed E-state index contributed by atoms with van der Waals surface area (Å²) in [5, 5.41) is 24.0. The van der Waals surface area contributed by atoms with Crippen molar-refractivity contribution >= 4 is 5.84 Å². The fourth-order valence-electron chi connectivity index (χ4n) is 2.32. The Morgan fingerprint density at radius 3 is 2.48 bits per heavy atom. The number of methoxy groups -OCH3 is 1. The number of aliphatic hydroxyl groups is 1. The number of hydrogen-bond donors (Lipinski definition) is 3. The SMILES string of the molecule is CO[C@H](C)[C@@H](CO)N/C(=N\O)c1cc(C2OCCO2)c(F)c(F)c1F. The molecule has 2 atom stereocenters. The minimum Gasteiger partial charge on any atom is -0.409 e. The molecular weight excluding hydrogens is 345 g/mol. The molecule has 1 heterocycles. The summed E-state index contributed by atoms with van der Waals surface area (Å²) < 4.78 is 57.4. The maximum atomic E-state index is 14.2. The molecule has 0 aliphatic carbocycles. The molecule has 7 nitrogen and oxygen atoms in total. The van der Waals surface area contributed by atoms with Gasteiger partial charge in [-0.1, -0.05) is 5.16 Å². The Labute approximate surface area is 142 Å². The van der Waals surface area contributed by atoms with Crippen molar-refractivity contribution in [1.82, 2.24) is 5.32 Å². The van der Waals surface area contributed by atoms with Crippen LogP contribution in [-0.2, 0) is 14.2 Å². The van der Waals surface area contributed by atoms with Gasteiger partial charge in [-0.3, -0.25) is 0 Å². The Hall–Kier alpha value is -1.88. The van der Waals surface area contributed by atoms with E-state index in [9.17, 15) is 23.5 Å². The average molecular weight is 364 g/mol. The first-order chi connectivity index (χ1) is 11.9. The Kier molecular flexibility index (Phi) is 6.59. The van der Waals surface area contributed by atoms with E-state index < -0.39 is 53.9 Å². The van der Waals surface area contributed by atoms with Gasteiger partial charge in [0.25, 0.3) is 0 Å². The second-order valence-electron chi connectivity index (χ2n) is 5.35. The van der Waals surface area contributed by atoms with Crippen LogP contribution in [0.15, 0.2) is 11.2 Å². The van der Waals surface area contributed by atoms with Crippen LogP contribution in [0, 0.1) is 17.5 Å². The standard InChI is InChI=1S/C15H19F3N2O5/c1-7(23-2)10(6-21)19-14(20-22)8-5-9(15-24-3-4-25-15)12(17)13(18)11(8)16/h5,7,10,15,21-22H,3-4,6H2,1-2H3,(H,19,20)/t7-,10-/m1/s1. The molecule has 3 N–H and O–H groups in total. The van der Waals surface area contributed by atoms with Gasteiger partial charge < -0.3 is 29.8 Å². The molecule has 0 amide bonds. The smallest absolute Gasteiger partial charge is 0.195 e. The lowest BCUT2D eigenvalue weighted by Gasteiger charge is -2.24. The number of amidine groups is 1. The summed E-state index contributed by atoms with van der Waals surface area (Å²) in [5.74, 6) is -5.26. The molecule has 0 aromatic heterocycles. The lowest BCUT2D eigenvalue weighted by Crippen LogP contribution is -2.46. The van der Waals surface area contributed by atoms with Gasteiger partial charge in [-0.2, -0.15) is 0 Å². The van der Waals surface area contributed by atoms with Crippen LogP contribution in [0.4, 0.5) is 13.2 Å². The van der Waals surface area contributed by atoms with E-state index >= 15 is 0 Å². The Morgan fingerprint density at radius 1 is 1.32 bits per heavy atom. The third-order valence-corrected chi connectivity index (χ3v) is 3.86. The van der Waals surface area contributed by atoms with E-state index in [0.717, 1.165) is 6.07 Å². The third-order valence-electron chi connectivity index (χ3n) is 3.86. The molecular formula is C15H19F3N2O5. The van der Waals surface area contributed by atoms with Gasteiger partial charge in [0.15, 0.2) is 29.6 Å². The normalized spacial score (nSPS) is 18.4. The number of nitrogens with one attached hydrogen (secondary N) is 1. The highest BCUT2D eigenvalue weighted by molar-refractivity contribution is 5.99. The third kappa shape index (κ3) is 4.03. The summed E-state index contributed by atoms with van der Waals surface area (Å²) in [6.45, 7) is 1.52. The molecule has 0 saturated carbocycles. The van der Waals surface area contributed by atoms with E-state index in [0.29, 0.717) is 0 Å². The zero-order valence-corrected chi connectivity index (χ0v) is 13.6. The van der Waals surface area contributed by atoms with Gasteiger partial charge in [0, 0.05) is 12.7 Å². The van der Waals surface area contributed by atoms with Gasteiger partial charge in [-0.15, -0.1) is 0 Å². The fraction of sp³-hybridized carbons (Fsp3) is 0.533. The Bertz CT molecular complexity index is 638. The number of rotatable bonds is 6. The summed E-state index contributed by atoms with van der Waals surface area (Å²) in [5.41, 5.74) is -0.910. The second-order valence-corrected chi connectivity index (χ2v) is 5.35. The van der Waals surface area contributed by atoms with E-state index in [1.54, 1.807) is 6.92 Å². The highest BCUT2D eigenvalue weighted by Crippen LogP contribution is 2.30. The molecule has 1 saturated heterocycles. The van der Waals surface area contributed by atoms with Gasteiger partial charge in [0.2, 0.25) is 0 Å². The van der Waals surface area contributed by atoms with Gasteiger partial charge in [0.05, 0.1) is 37.5 Å². The highest BCUT2D eigenvalue weighted by atomic mass is 19.2. The van der Waals surface area contributed by atoms with Crippen molar-refractivity contribution in [1.29, 1.82) is 0 Å². The molecule has 1 aromatic carbocycles. The molecule has 140 valence electrons. The van der Waals surface area contributed by atoms with Crippen molar-refractivity contribution in [2.24, 2.45) is 5.16 Å². The topological polar surface area (TPSA) is 92.5 Å². The number of halogens is 3. The number of hydrogen-bond acceptors (Lipinski definition) is 6. The van der Waals surface area contributed by atoms with Crippen molar-refractivity contribution in [2.75, 3.05) is 26.9 Å². The summed E-state index contributed by atoms with van der Waals surface area (Å²) in [6, 6.07) is 0.142. The summed E-state index contributed by atoms with van der Waals surface area (Å²) in [4.78, 5) is 0. The van der Waals surface area contributed by atoms with Crippen LogP contribution >= 0.6 is 0 Å². The van der Waals surface area contributed by atoms with E-state index in [2.05, 4.69) is 10.5 Å². The first-order valence-corrected chi connectivity index (χ1v) is 7.47. The van der Waals surface area contributed by atoms with Crippen LogP contribution < -0.4 is 5.32 Å². The molecule has 1 fully saturated rings. The molecule has 0 radical (unpaired) electrons. The Balaban J connectivity index is 2.41. The van der Waals surface area contributed by atoms with E-state index in [-0.39, 0.29) is 18.8 Å². The fourth-order valence-corrected chi connectivity index (χ4v) is 2.32. The van der Waals surface area contributed by atoms with Gasteiger partial charge in [0.1, 0.15) is 0 Å². The van der Waals surface area contributed by atoms with Crippen LogP contribution in [-0.4, -0.2) is 55.2 Å². The maximum Gasteiger partial charge on any atom is 0.195 e. The minimum absolute atomic E-state index is 0.176. The molecule has 25 heavy (non-hydrogen) atoms. The van der Waals surface area contributed by atoms with E-state index in [1.807, 2.05) is 0 Å². The number of aliphatic hydroxyl groups excluding tert-OH is 1. The van der Waals surface area contributed by atoms with Crippen molar-refractivity contribution in [3.05, 3.63) is 34.6 Å². The summed E-state index contributed by atoms with van der Waals surface area (Å²) >= 11 is 0. The number of oxime groups is 1. The van der Waals surface area contributed by atoms with Crippen LogP contribution in [0.2, 0.25) is 0 Å². The molecule has 1 aliphatic rings. The van der Waals surface area contributed by atoms with Gasteiger partial charge >= 0.3 is 0 Å². The number of nitrogens with zero attached hydrogens (tertiary/aromatic N) is 1. The quantitative estimate of drug-likeness (QED) is 0.231. The first-order valence-electron chi connectivity index (χ1n) is 7.47. The summed E-state index contributed by atoms with van der Waals surface area (Å²) in [6.07, 6.45) is -1.74. The maximum absolute atomic E-state index is 14.2. The zero-order chi connectivity index (χ0) is 18.6. The predicted molar refractivity (Wildman–Crippen MR) is 79.8 cm³/mol. The molecule has 0 spiro atoms. The lowest BCUT2D eigenvalue weighted by molar-refractivity contribution is -0.0469. The zero-order valence-electron chi connectivity index (χ0n) is 13.6. The number of ether oxygens (including phenoxy) is 3. The van der Waals surface area contributed by atoms with Gasteiger partial charge in [-0.25, -0.2) is 13.2 Å². The highest BCUT2D eigenvalue weighted by Gasteiger charge is 2.30. The van der Waals surface area contributed by atoms with Crippen molar-refractivity contribution < 1.29 is 37.7 Å². The van der Waals surface area contributed by atoms with Gasteiger partial charge in [-0.05, 0) is 13.0 Å². The van der Waals surface area contributed by atoms with E-state index in [4.69, 9.17) is 14.2 Å². The summed E-state index contributed by atoms with van der Waals surface area (Å²) in [7, 11) is 1.38. The average Bonchev–Trinajstić information content (AvgIpc) is 3.15. The molecule has 1 aromatic rings. The lowest BCUT2D eigenvalue weighted by atomic mass is 10.1. The monoisotopic (exact) mass is 364 g/mol. The second kappa shape index (κ2) is 8.48. The van der Waals surface area contributed by atoms with Crippen molar-refractivity contribution in [2.45, 2.75) is 25.4 Å². The Morgan fingerprint density at radius 2 is 1.96 bits per heavy atom. The number of benzene rings is 1. The van der Waals surface area contributed by atoms with Crippen LogP contribution in [0.25, 0.3) is 0 Å². The predicted octanol–water partition coefficient (Wildman–Crippen LogP) is 1.27. The van der Waals surface area contributed by atoms with Crippen LogP contribution in [0.3, 0.4) is 0 Å². The molecule has 0 bridgehead atoms. The molecule has 0 unspecified atom stereocenters. The van der Waals surface area contributed by atoms with E-state index in [1.165, 1.54) is 7.11 Å². The largest absolute Gasteiger partial charge is 0.409 e. The molecule has 2 rings (SSSR count). The van der Waals surface area contributed by atoms with Crippen LogP contribution in [0.1, 0.15) is 24.3 Å². The molecule has 1 aliphatic heterocycles.